The van der Waals surface area contributed by atoms with Crippen LogP contribution in [0.4, 0.5) is 0 Å². The van der Waals surface area contributed by atoms with E-state index in [4.69, 9.17) is 16.0 Å². The molecule has 37 valence electrons. The van der Waals surface area contributed by atoms with E-state index in [0.29, 0.717) is 0 Å². The molecule has 0 aliphatic carbocycles. The summed E-state index contributed by atoms with van der Waals surface area (Å²) in [5, 5.41) is 0. The Morgan fingerprint density at radius 3 is 1.17 bits per heavy atom. The van der Waals surface area contributed by atoms with Gasteiger partial charge < -0.3 is 0 Å². The van der Waals surface area contributed by atoms with E-state index in [-0.39, 0.29) is 22.4 Å². The molecule has 0 aliphatic heterocycles. The van der Waals surface area contributed by atoms with E-state index in [1.807, 2.05) is 0 Å². The fourth-order valence-corrected chi connectivity index (χ4v) is 0. The second kappa shape index (κ2) is 3.04. The second-order valence-electron chi connectivity index (χ2n) is 0.513. The first-order chi connectivity index (χ1) is 2.00. The zero-order valence-corrected chi connectivity index (χ0v) is 6.72. The van der Waals surface area contributed by atoms with Gasteiger partial charge in [0.1, 0.15) is 0 Å². The van der Waals surface area contributed by atoms with Crippen molar-refractivity contribution in [1.29, 1.82) is 0 Å². The van der Waals surface area contributed by atoms with Crippen molar-refractivity contribution in [3.05, 3.63) is 0 Å². The van der Waals surface area contributed by atoms with Crippen molar-refractivity contribution in [3.63, 3.8) is 0 Å². The third-order valence-electron chi connectivity index (χ3n) is 0. The van der Waals surface area contributed by atoms with Gasteiger partial charge in [-0.3, -0.25) is 0 Å². The molecule has 1 radical (unpaired) electrons. The fourth-order valence-electron chi connectivity index (χ4n) is 0. The molecule has 6 heteroatoms. The zero-order valence-electron chi connectivity index (χ0n) is 2.64. The first-order valence-corrected chi connectivity index (χ1v) is 4.07. The Bertz CT molecular complexity index is 53.7. The summed E-state index contributed by atoms with van der Waals surface area (Å²) in [4.78, 5) is 0. The molecule has 0 fully saturated rings. The molecule has 0 aliphatic rings. The van der Waals surface area contributed by atoms with Gasteiger partial charge in [-0.05, 0) is 0 Å². The van der Waals surface area contributed by atoms with Gasteiger partial charge in [-0.15, -0.1) is 0 Å². The van der Waals surface area contributed by atoms with Crippen LogP contribution in [0.3, 0.4) is 0 Å². The molecule has 0 rings (SSSR count). The molecule has 0 unspecified atom stereocenters. The molecule has 0 atom stereocenters. The van der Waals surface area contributed by atoms with Gasteiger partial charge in [-0.2, -0.15) is 0 Å². The van der Waals surface area contributed by atoms with E-state index in [1.54, 1.807) is 0 Å². The van der Waals surface area contributed by atoms with Gasteiger partial charge in [-0.1, -0.05) is 0 Å². The maximum absolute atomic E-state index is 8.94. The Morgan fingerprint density at radius 1 is 1.17 bits per heavy atom. The average molecular weight is 235 g/mol. The number of hydrogen-bond donors (Lipinski definition) is 3. The van der Waals surface area contributed by atoms with Crippen LogP contribution in [0.2, 0.25) is 0 Å². The summed E-state index contributed by atoms with van der Waals surface area (Å²) in [7, 11) is 0. The Balaban J connectivity index is 0. The van der Waals surface area contributed by atoms with Crippen molar-refractivity contribution in [2.45, 2.75) is 0 Å². The third kappa shape index (κ3) is 82.3. The van der Waals surface area contributed by atoms with Gasteiger partial charge in [-0.25, -0.2) is 0 Å². The molecule has 0 aromatic heterocycles. The molecular weight excluding hydrogens is 232 g/mol. The van der Waals surface area contributed by atoms with Crippen molar-refractivity contribution >= 4 is 14.5 Å². The summed E-state index contributed by atoms with van der Waals surface area (Å²) in [6.45, 7) is 0. The Kier molecular flexibility index (Phi) is 5.10. The normalized spacial score (nSPS) is 9.83. The molecule has 3 N–H and O–H groups in total. The van der Waals surface area contributed by atoms with Crippen molar-refractivity contribution < 1.29 is 38.4 Å². The van der Waals surface area contributed by atoms with Crippen LogP contribution >= 0.6 is 0 Å². The van der Waals surface area contributed by atoms with Crippen molar-refractivity contribution in [2.24, 2.45) is 0 Å². The molecular formula is H3AsNbO4. The van der Waals surface area contributed by atoms with Gasteiger partial charge >= 0.3 is 30.5 Å². The molecule has 0 spiro atoms. The zero-order chi connectivity index (χ0) is 4.50. The van der Waals surface area contributed by atoms with Gasteiger partial charge in [0.25, 0.3) is 0 Å². The molecule has 6 heavy (non-hydrogen) atoms. The summed E-state index contributed by atoms with van der Waals surface area (Å²) >= 11 is -5.12. The maximum atomic E-state index is 8.94. The molecule has 0 saturated carbocycles. The van der Waals surface area contributed by atoms with Gasteiger partial charge in [0.15, 0.2) is 0 Å². The van der Waals surface area contributed by atoms with Crippen LogP contribution in [0.15, 0.2) is 0 Å². The van der Waals surface area contributed by atoms with E-state index >= 15 is 0 Å². The molecule has 4 nitrogen and oxygen atoms in total. The molecule has 0 saturated heterocycles. The van der Waals surface area contributed by atoms with E-state index in [2.05, 4.69) is 0 Å². The topological polar surface area (TPSA) is 77.8 Å². The molecule has 0 bridgehead atoms. The largest absolute Gasteiger partial charge is 0 e. The molecule has 0 amide bonds. The Hall–Kier alpha value is 0.979. The predicted molar refractivity (Wildman–Crippen MR) is 13.1 cm³/mol. The van der Waals surface area contributed by atoms with Crippen LogP contribution in [0.25, 0.3) is 0 Å². The average Bonchev–Trinajstić information content (AvgIpc) is 0.722. The van der Waals surface area contributed by atoms with Crippen LogP contribution in [0, 0.1) is 0 Å². The molecule has 0 heterocycles. The van der Waals surface area contributed by atoms with Crippen molar-refractivity contribution in [1.82, 2.24) is 0 Å². The van der Waals surface area contributed by atoms with Gasteiger partial charge in [0.05, 0.1) is 0 Å². The number of hydrogen-bond acceptors (Lipinski definition) is 1. The van der Waals surface area contributed by atoms with Crippen molar-refractivity contribution in [3.8, 4) is 0 Å². The van der Waals surface area contributed by atoms with Crippen LogP contribution in [0.1, 0.15) is 0 Å². The molecule has 0 aromatic carbocycles. The summed E-state index contributed by atoms with van der Waals surface area (Å²) < 4.78 is 30.7. The van der Waals surface area contributed by atoms with Crippen LogP contribution in [-0.2, 0) is 26.1 Å². The summed E-state index contributed by atoms with van der Waals surface area (Å²) in [6, 6.07) is 0. The fraction of sp³-hybridized carbons (Fsp3) is 0. The van der Waals surface area contributed by atoms with E-state index < -0.39 is 14.5 Å². The van der Waals surface area contributed by atoms with Crippen molar-refractivity contribution in [2.75, 3.05) is 0 Å². The van der Waals surface area contributed by atoms with E-state index in [9.17, 15) is 0 Å². The third-order valence-corrected chi connectivity index (χ3v) is 0. The first kappa shape index (κ1) is 10.1. The quantitative estimate of drug-likeness (QED) is 0.417. The minimum absolute atomic E-state index is 0. The van der Waals surface area contributed by atoms with Crippen LogP contribution in [0.5, 0.6) is 0 Å². The van der Waals surface area contributed by atoms with Crippen LogP contribution in [-0.4, -0.2) is 26.8 Å². The second-order valence-corrected chi connectivity index (χ2v) is 2.67. The van der Waals surface area contributed by atoms with E-state index in [0.717, 1.165) is 0 Å². The summed E-state index contributed by atoms with van der Waals surface area (Å²) in [6.07, 6.45) is 0. The smallest absolute Gasteiger partial charge is 0 e. The Morgan fingerprint density at radius 2 is 1.17 bits per heavy atom. The summed E-state index contributed by atoms with van der Waals surface area (Å²) in [5.74, 6) is 0. The van der Waals surface area contributed by atoms with Crippen LogP contribution < -0.4 is 0 Å². The Labute approximate surface area is 53.0 Å². The standard InChI is InChI=1S/AsH3O4.Nb/c2-1(3,4)5;/h(H3,2,3,4,5);. The molecule has 0 aromatic rings. The monoisotopic (exact) mass is 235 g/mol. The van der Waals surface area contributed by atoms with E-state index in [1.165, 1.54) is 0 Å². The van der Waals surface area contributed by atoms with Gasteiger partial charge in [0.2, 0.25) is 0 Å². The SMILES string of the molecule is O=[As](O)(O)O.[Nb]. The number of rotatable bonds is 0. The van der Waals surface area contributed by atoms with Gasteiger partial charge in [0, 0.05) is 22.4 Å². The first-order valence-electron chi connectivity index (χ1n) is 0.783. The minimum Gasteiger partial charge on any atom is 0 e. The summed E-state index contributed by atoms with van der Waals surface area (Å²) in [5.41, 5.74) is 0. The predicted octanol–water partition coefficient (Wildman–Crippen LogP) is -2.17. The maximum Gasteiger partial charge on any atom is 0 e. The minimum atomic E-state index is -5.12.